The summed E-state index contributed by atoms with van der Waals surface area (Å²) in [5.41, 5.74) is 1.04. The Balaban J connectivity index is 1.99. The minimum Gasteiger partial charge on any atom is -0.342 e. The number of amides is 1. The van der Waals surface area contributed by atoms with Gasteiger partial charge in [0.05, 0.1) is 11.4 Å². The molecule has 0 unspecified atom stereocenters. The molecule has 1 fully saturated rings. The van der Waals surface area contributed by atoms with Gasteiger partial charge >= 0.3 is 0 Å². The molecule has 0 saturated carbocycles. The molecule has 23 heavy (non-hydrogen) atoms. The van der Waals surface area contributed by atoms with E-state index in [0.29, 0.717) is 0 Å². The number of likely N-dealkylation sites (tertiary alicyclic amines) is 1. The van der Waals surface area contributed by atoms with Crippen molar-refractivity contribution in [2.75, 3.05) is 19.6 Å². The number of hydrogen-bond donors (Lipinski definition) is 1. The molecule has 0 spiro atoms. The standard InChI is InChI=1S/C17H26N2O3S/c1-17(2,3)14-7-9-15(10-8-14)23(21,22)18-13-16(20)19-11-5-4-6-12-19/h7-10,18H,4-6,11-13H2,1-3H3. The van der Waals surface area contributed by atoms with Gasteiger partial charge in [-0.25, -0.2) is 13.1 Å². The van der Waals surface area contributed by atoms with E-state index in [1.807, 2.05) is 12.1 Å². The summed E-state index contributed by atoms with van der Waals surface area (Å²) < 4.78 is 27.0. The fourth-order valence-electron chi connectivity index (χ4n) is 2.63. The van der Waals surface area contributed by atoms with Crippen LogP contribution >= 0.6 is 0 Å². The van der Waals surface area contributed by atoms with Gasteiger partial charge in [0.25, 0.3) is 0 Å². The lowest BCUT2D eigenvalue weighted by atomic mass is 9.87. The van der Waals surface area contributed by atoms with Gasteiger partial charge in [0.1, 0.15) is 0 Å². The molecule has 1 heterocycles. The molecular formula is C17H26N2O3S. The Morgan fingerprint density at radius 1 is 1.09 bits per heavy atom. The fourth-order valence-corrected chi connectivity index (χ4v) is 3.60. The molecule has 1 aromatic carbocycles. The van der Waals surface area contributed by atoms with Crippen molar-refractivity contribution in [3.63, 3.8) is 0 Å². The highest BCUT2D eigenvalue weighted by molar-refractivity contribution is 7.89. The van der Waals surface area contributed by atoms with Crippen LogP contribution in [0.25, 0.3) is 0 Å². The van der Waals surface area contributed by atoms with Crippen LogP contribution in [-0.2, 0) is 20.2 Å². The Kier molecular flexibility index (Phi) is 5.47. The first-order chi connectivity index (χ1) is 10.7. The molecule has 0 bridgehead atoms. The van der Waals surface area contributed by atoms with E-state index in [1.165, 1.54) is 0 Å². The van der Waals surface area contributed by atoms with Crippen molar-refractivity contribution in [3.8, 4) is 0 Å². The summed E-state index contributed by atoms with van der Waals surface area (Å²) in [4.78, 5) is 14.0. The van der Waals surface area contributed by atoms with Crippen molar-refractivity contribution in [1.29, 1.82) is 0 Å². The van der Waals surface area contributed by atoms with Crippen molar-refractivity contribution in [2.24, 2.45) is 0 Å². The predicted molar refractivity (Wildman–Crippen MR) is 90.8 cm³/mol. The maximum atomic E-state index is 12.3. The minimum atomic E-state index is -3.65. The summed E-state index contributed by atoms with van der Waals surface area (Å²) in [7, 11) is -3.65. The summed E-state index contributed by atoms with van der Waals surface area (Å²) in [5, 5.41) is 0. The summed E-state index contributed by atoms with van der Waals surface area (Å²) in [6.07, 6.45) is 3.12. The SMILES string of the molecule is CC(C)(C)c1ccc(S(=O)(=O)NCC(=O)N2CCCCC2)cc1. The average Bonchev–Trinajstić information content (AvgIpc) is 2.53. The third kappa shape index (κ3) is 4.78. The molecule has 128 valence electrons. The number of sulfonamides is 1. The Bertz CT molecular complexity index is 639. The molecule has 0 aromatic heterocycles. The van der Waals surface area contributed by atoms with Crippen LogP contribution in [0, 0.1) is 0 Å². The number of nitrogens with zero attached hydrogens (tertiary/aromatic N) is 1. The zero-order valence-electron chi connectivity index (χ0n) is 14.1. The predicted octanol–water partition coefficient (Wildman–Crippen LogP) is 2.27. The fraction of sp³-hybridized carbons (Fsp3) is 0.588. The summed E-state index contributed by atoms with van der Waals surface area (Å²) in [6.45, 7) is 7.50. The molecule has 0 atom stereocenters. The van der Waals surface area contributed by atoms with Crippen LogP contribution in [0.15, 0.2) is 29.2 Å². The molecule has 1 N–H and O–H groups in total. The quantitative estimate of drug-likeness (QED) is 0.916. The van der Waals surface area contributed by atoms with Crippen molar-refractivity contribution < 1.29 is 13.2 Å². The van der Waals surface area contributed by atoms with Crippen molar-refractivity contribution >= 4 is 15.9 Å². The van der Waals surface area contributed by atoms with Gasteiger partial charge in [0.15, 0.2) is 0 Å². The van der Waals surface area contributed by atoms with Gasteiger partial charge in [-0.3, -0.25) is 4.79 Å². The zero-order chi connectivity index (χ0) is 17.1. The van der Waals surface area contributed by atoms with Gasteiger partial charge in [0.2, 0.25) is 15.9 Å². The van der Waals surface area contributed by atoms with Gasteiger partial charge in [-0.1, -0.05) is 32.9 Å². The first-order valence-electron chi connectivity index (χ1n) is 8.08. The molecule has 1 aromatic rings. The molecule has 1 aliphatic rings. The monoisotopic (exact) mass is 338 g/mol. The second-order valence-corrected chi connectivity index (χ2v) is 8.81. The van der Waals surface area contributed by atoms with Crippen LogP contribution in [0.5, 0.6) is 0 Å². The van der Waals surface area contributed by atoms with Crippen LogP contribution in [-0.4, -0.2) is 38.9 Å². The van der Waals surface area contributed by atoms with E-state index in [-0.39, 0.29) is 22.8 Å². The zero-order valence-corrected chi connectivity index (χ0v) is 14.9. The van der Waals surface area contributed by atoms with Crippen LogP contribution in [0.2, 0.25) is 0 Å². The molecule has 6 heteroatoms. The third-order valence-electron chi connectivity index (χ3n) is 4.15. The highest BCUT2D eigenvalue weighted by Crippen LogP contribution is 2.23. The number of rotatable bonds is 4. The first-order valence-corrected chi connectivity index (χ1v) is 9.56. The maximum absolute atomic E-state index is 12.3. The smallest absolute Gasteiger partial charge is 0.241 e. The number of carbonyl (C=O) groups excluding carboxylic acids is 1. The molecule has 2 rings (SSSR count). The maximum Gasteiger partial charge on any atom is 0.241 e. The minimum absolute atomic E-state index is 0.0278. The molecular weight excluding hydrogens is 312 g/mol. The van der Waals surface area contributed by atoms with Gasteiger partial charge in [-0.2, -0.15) is 0 Å². The molecule has 1 amide bonds. The van der Waals surface area contributed by atoms with Crippen LogP contribution in [0.1, 0.15) is 45.6 Å². The van der Waals surface area contributed by atoms with Crippen LogP contribution in [0.4, 0.5) is 0 Å². The van der Waals surface area contributed by atoms with E-state index in [4.69, 9.17) is 0 Å². The molecule has 0 aliphatic carbocycles. The van der Waals surface area contributed by atoms with E-state index in [2.05, 4.69) is 25.5 Å². The average molecular weight is 338 g/mol. The number of nitrogens with one attached hydrogen (secondary N) is 1. The lowest BCUT2D eigenvalue weighted by Gasteiger charge is -2.26. The van der Waals surface area contributed by atoms with E-state index < -0.39 is 10.0 Å². The Hall–Kier alpha value is -1.40. The van der Waals surface area contributed by atoms with Gasteiger partial charge in [0, 0.05) is 13.1 Å². The van der Waals surface area contributed by atoms with Crippen LogP contribution in [0.3, 0.4) is 0 Å². The van der Waals surface area contributed by atoms with Crippen molar-refractivity contribution in [1.82, 2.24) is 9.62 Å². The first kappa shape index (κ1) is 17.9. The van der Waals surface area contributed by atoms with Gasteiger partial charge in [-0.05, 0) is 42.4 Å². The number of carbonyl (C=O) groups is 1. The lowest BCUT2D eigenvalue weighted by Crippen LogP contribution is -2.42. The van der Waals surface area contributed by atoms with Crippen molar-refractivity contribution in [2.45, 2.75) is 50.3 Å². The molecule has 0 radical (unpaired) electrons. The second-order valence-electron chi connectivity index (χ2n) is 7.04. The molecule has 1 aliphatic heterocycles. The molecule has 1 saturated heterocycles. The van der Waals surface area contributed by atoms with E-state index in [0.717, 1.165) is 37.9 Å². The van der Waals surface area contributed by atoms with Crippen LogP contribution < -0.4 is 4.72 Å². The Morgan fingerprint density at radius 2 is 1.65 bits per heavy atom. The number of benzene rings is 1. The van der Waals surface area contributed by atoms with Crippen molar-refractivity contribution in [3.05, 3.63) is 29.8 Å². The third-order valence-corrected chi connectivity index (χ3v) is 5.57. The van der Waals surface area contributed by atoms with Gasteiger partial charge < -0.3 is 4.90 Å². The van der Waals surface area contributed by atoms with E-state index >= 15 is 0 Å². The van der Waals surface area contributed by atoms with E-state index in [9.17, 15) is 13.2 Å². The second kappa shape index (κ2) is 7.01. The lowest BCUT2D eigenvalue weighted by molar-refractivity contribution is -0.130. The largest absolute Gasteiger partial charge is 0.342 e. The highest BCUT2D eigenvalue weighted by Gasteiger charge is 2.21. The Morgan fingerprint density at radius 3 is 2.17 bits per heavy atom. The summed E-state index contributed by atoms with van der Waals surface area (Å²) >= 11 is 0. The normalized spacial score (nSPS) is 16.4. The number of piperidine rings is 1. The summed E-state index contributed by atoms with van der Waals surface area (Å²) in [5.74, 6) is -0.153. The van der Waals surface area contributed by atoms with Gasteiger partial charge in [-0.15, -0.1) is 0 Å². The molecule has 5 nitrogen and oxygen atoms in total. The number of hydrogen-bond acceptors (Lipinski definition) is 3. The van der Waals surface area contributed by atoms with E-state index in [1.54, 1.807) is 17.0 Å². The summed E-state index contributed by atoms with van der Waals surface area (Å²) in [6, 6.07) is 6.82. The highest BCUT2D eigenvalue weighted by atomic mass is 32.2. The topological polar surface area (TPSA) is 66.5 Å². The Labute approximate surface area is 139 Å².